The van der Waals surface area contributed by atoms with Crippen LogP contribution in [0.25, 0.3) is 6.08 Å². The molecule has 6 heteroatoms. The third-order valence-corrected chi connectivity index (χ3v) is 4.80. The van der Waals surface area contributed by atoms with Gasteiger partial charge < -0.3 is 24.8 Å². The summed E-state index contributed by atoms with van der Waals surface area (Å²) in [7, 11) is 0. The third kappa shape index (κ3) is 3.96. The van der Waals surface area contributed by atoms with E-state index >= 15 is 0 Å². The van der Waals surface area contributed by atoms with Gasteiger partial charge in [-0.15, -0.1) is 0 Å². The lowest BCUT2D eigenvalue weighted by Crippen LogP contribution is -2.20. The topological polar surface area (TPSA) is 85.9 Å². The number of aliphatic hydroxyl groups is 2. The van der Waals surface area contributed by atoms with Crippen LogP contribution in [-0.4, -0.2) is 43.7 Å². The number of allylic oxidation sites excluding steroid dienone is 1. The fourth-order valence-electron chi connectivity index (χ4n) is 3.25. The molecule has 2 heterocycles. The summed E-state index contributed by atoms with van der Waals surface area (Å²) < 4.78 is 1.96. The minimum Gasteiger partial charge on any atom is -0.506 e. The predicted octanol–water partition coefficient (Wildman–Crippen LogP) is 3.34. The number of nitrogens with zero attached hydrogens (tertiary/aromatic N) is 2. The van der Waals surface area contributed by atoms with Crippen molar-refractivity contribution in [2.45, 2.75) is 59.4 Å². The van der Waals surface area contributed by atoms with E-state index in [1.807, 2.05) is 9.47 Å². The molecular formula is C20H30N2O4. The lowest BCUT2D eigenvalue weighted by atomic mass is 10.2. The zero-order valence-corrected chi connectivity index (χ0v) is 16.0. The fraction of sp³-hybridized carbons (Fsp3) is 0.550. The van der Waals surface area contributed by atoms with Gasteiger partial charge in [0.25, 0.3) is 0 Å². The van der Waals surface area contributed by atoms with E-state index in [1.54, 1.807) is 19.1 Å². The van der Waals surface area contributed by atoms with Gasteiger partial charge in [-0.2, -0.15) is 0 Å². The first-order valence-corrected chi connectivity index (χ1v) is 9.42. The second-order valence-electron chi connectivity index (χ2n) is 6.68. The van der Waals surface area contributed by atoms with E-state index in [2.05, 4.69) is 13.8 Å². The molecule has 0 atom stereocenters. The maximum atomic E-state index is 12.5. The minimum atomic E-state index is -0.412. The van der Waals surface area contributed by atoms with Gasteiger partial charge in [-0.25, -0.2) is 0 Å². The van der Waals surface area contributed by atoms with Crippen molar-refractivity contribution < 1.29 is 20.1 Å². The van der Waals surface area contributed by atoms with Gasteiger partial charge in [0.2, 0.25) is 5.78 Å². The number of rotatable bonds is 9. The smallest absolute Gasteiger partial charge is 0.245 e. The van der Waals surface area contributed by atoms with E-state index in [4.69, 9.17) is 0 Å². The Morgan fingerprint density at radius 3 is 2.38 bits per heavy atom. The molecule has 0 saturated carbocycles. The first-order chi connectivity index (χ1) is 12.5. The molecular weight excluding hydrogens is 332 g/mol. The Morgan fingerprint density at radius 1 is 1.12 bits per heavy atom. The molecule has 0 spiro atoms. The van der Waals surface area contributed by atoms with Crippen molar-refractivity contribution in [2.24, 2.45) is 0 Å². The van der Waals surface area contributed by atoms with E-state index in [0.717, 1.165) is 31.4 Å². The van der Waals surface area contributed by atoms with Crippen LogP contribution in [0.2, 0.25) is 0 Å². The molecule has 1 aliphatic rings. The maximum Gasteiger partial charge on any atom is 0.245 e. The van der Waals surface area contributed by atoms with Crippen molar-refractivity contribution in [1.29, 1.82) is 0 Å². The van der Waals surface area contributed by atoms with E-state index in [9.17, 15) is 20.1 Å². The Bertz CT molecular complexity index is 716. The monoisotopic (exact) mass is 362 g/mol. The first-order valence-electron chi connectivity index (χ1n) is 9.42. The Hall–Kier alpha value is -2.21. The summed E-state index contributed by atoms with van der Waals surface area (Å²) >= 11 is 0. The molecule has 0 saturated heterocycles. The van der Waals surface area contributed by atoms with E-state index < -0.39 is 5.78 Å². The highest BCUT2D eigenvalue weighted by molar-refractivity contribution is 6.12. The van der Waals surface area contributed by atoms with Crippen LogP contribution in [0.4, 0.5) is 0 Å². The number of aromatic hydroxyl groups is 1. The summed E-state index contributed by atoms with van der Waals surface area (Å²) in [6.45, 7) is 7.23. The number of Topliss-reactive ketones (excluding diaryl/α,β-unsaturated/α-hetero) is 1. The minimum absolute atomic E-state index is 0.00536. The molecule has 0 amide bonds. The molecule has 1 aromatic heterocycles. The highest BCUT2D eigenvalue weighted by atomic mass is 16.3. The van der Waals surface area contributed by atoms with E-state index in [-0.39, 0.29) is 18.1 Å². The second-order valence-corrected chi connectivity index (χ2v) is 6.68. The standard InChI is InChI=1S/C20H30N2O4/c1-4-6-9-21-14(3)19(25)20(26)17(21)13-16-18(24)12-15(8-11-23)22(16)10-7-5-2/h12-13,23-25H,4-11H2,1-3H3/b17-13+. The van der Waals surface area contributed by atoms with Gasteiger partial charge >= 0.3 is 0 Å². The number of hydrogen-bond acceptors (Lipinski definition) is 5. The zero-order valence-electron chi connectivity index (χ0n) is 16.0. The second kappa shape index (κ2) is 8.94. The van der Waals surface area contributed by atoms with E-state index in [0.29, 0.717) is 36.6 Å². The summed E-state index contributed by atoms with van der Waals surface area (Å²) in [5.74, 6) is -0.552. The van der Waals surface area contributed by atoms with Crippen molar-refractivity contribution in [2.75, 3.05) is 13.2 Å². The Labute approximate surface area is 155 Å². The molecule has 0 aromatic carbocycles. The average molecular weight is 362 g/mol. The normalized spacial score (nSPS) is 16.4. The Kier molecular flexibility index (Phi) is 6.91. The van der Waals surface area contributed by atoms with Crippen LogP contribution in [0.5, 0.6) is 5.75 Å². The zero-order chi connectivity index (χ0) is 19.3. The molecule has 144 valence electrons. The van der Waals surface area contributed by atoms with Crippen LogP contribution in [0.15, 0.2) is 23.2 Å². The maximum absolute atomic E-state index is 12.5. The number of hydrogen-bond donors (Lipinski definition) is 3. The quantitative estimate of drug-likeness (QED) is 0.587. The molecule has 0 unspecified atom stereocenters. The molecule has 0 aliphatic carbocycles. The highest BCUT2D eigenvalue weighted by Gasteiger charge is 2.33. The number of aromatic nitrogens is 1. The Balaban J connectivity index is 2.47. The van der Waals surface area contributed by atoms with Crippen LogP contribution in [0, 0.1) is 0 Å². The van der Waals surface area contributed by atoms with Crippen molar-refractivity contribution in [1.82, 2.24) is 9.47 Å². The summed E-state index contributed by atoms with van der Waals surface area (Å²) in [6.07, 6.45) is 5.90. The van der Waals surface area contributed by atoms with Gasteiger partial charge in [0, 0.05) is 37.9 Å². The molecule has 1 aromatic rings. The predicted molar refractivity (Wildman–Crippen MR) is 102 cm³/mol. The van der Waals surface area contributed by atoms with Gasteiger partial charge in [0.1, 0.15) is 5.75 Å². The summed E-state index contributed by atoms with van der Waals surface area (Å²) in [5, 5.41) is 29.8. The van der Waals surface area contributed by atoms with Crippen LogP contribution in [0.1, 0.15) is 57.8 Å². The summed E-state index contributed by atoms with van der Waals surface area (Å²) in [5.41, 5.74) is 2.32. The van der Waals surface area contributed by atoms with Crippen molar-refractivity contribution >= 4 is 11.9 Å². The van der Waals surface area contributed by atoms with Crippen LogP contribution < -0.4 is 0 Å². The van der Waals surface area contributed by atoms with Crippen LogP contribution >= 0.6 is 0 Å². The molecule has 3 N–H and O–H groups in total. The summed E-state index contributed by atoms with van der Waals surface area (Å²) in [6, 6.07) is 1.65. The number of carbonyl (C=O) groups excluding carboxylic acids is 1. The number of aliphatic hydroxyl groups excluding tert-OH is 2. The lowest BCUT2D eigenvalue weighted by Gasteiger charge is -2.21. The van der Waals surface area contributed by atoms with Gasteiger partial charge in [-0.1, -0.05) is 26.7 Å². The molecule has 2 rings (SSSR count). The highest BCUT2D eigenvalue weighted by Crippen LogP contribution is 2.32. The fourth-order valence-corrected chi connectivity index (χ4v) is 3.25. The average Bonchev–Trinajstić information content (AvgIpc) is 3.02. The largest absolute Gasteiger partial charge is 0.506 e. The lowest BCUT2D eigenvalue weighted by molar-refractivity contribution is -0.114. The Morgan fingerprint density at radius 2 is 1.77 bits per heavy atom. The third-order valence-electron chi connectivity index (χ3n) is 4.80. The molecule has 1 aliphatic heterocycles. The first kappa shape index (κ1) is 20.1. The summed E-state index contributed by atoms with van der Waals surface area (Å²) in [4.78, 5) is 14.3. The number of unbranched alkanes of at least 4 members (excludes halogenated alkanes) is 2. The molecule has 26 heavy (non-hydrogen) atoms. The number of ketones is 1. The van der Waals surface area contributed by atoms with Crippen molar-refractivity contribution in [3.63, 3.8) is 0 Å². The van der Waals surface area contributed by atoms with Gasteiger partial charge in [-0.05, 0) is 25.8 Å². The van der Waals surface area contributed by atoms with Crippen molar-refractivity contribution in [3.8, 4) is 5.75 Å². The van der Waals surface area contributed by atoms with Crippen LogP contribution in [-0.2, 0) is 17.8 Å². The number of carbonyl (C=O) groups is 1. The van der Waals surface area contributed by atoms with Gasteiger partial charge in [0.15, 0.2) is 5.76 Å². The van der Waals surface area contributed by atoms with Gasteiger partial charge in [-0.3, -0.25) is 4.79 Å². The SMILES string of the molecule is CCCCN1C(C)=C(O)C(=O)/C1=C\c1c(O)cc(CCO)n1CCCC. The molecule has 0 bridgehead atoms. The van der Waals surface area contributed by atoms with Crippen molar-refractivity contribution in [3.05, 3.63) is 34.6 Å². The molecule has 0 fully saturated rings. The van der Waals surface area contributed by atoms with Gasteiger partial charge in [0.05, 0.1) is 17.1 Å². The molecule has 6 nitrogen and oxygen atoms in total. The van der Waals surface area contributed by atoms with E-state index in [1.165, 1.54) is 0 Å². The molecule has 0 radical (unpaired) electrons. The van der Waals surface area contributed by atoms with Crippen LogP contribution in [0.3, 0.4) is 0 Å².